The predicted molar refractivity (Wildman–Crippen MR) is 84.6 cm³/mol. The molecule has 0 spiro atoms. The largest absolute Gasteiger partial charge is 0.478 e. The first-order valence-electron chi connectivity index (χ1n) is 7.01. The van der Waals surface area contributed by atoms with E-state index in [0.29, 0.717) is 11.6 Å². The van der Waals surface area contributed by atoms with Crippen LogP contribution >= 0.6 is 15.9 Å². The van der Waals surface area contributed by atoms with Crippen LogP contribution in [0.2, 0.25) is 0 Å². The summed E-state index contributed by atoms with van der Waals surface area (Å²) >= 11 is 3.42. The van der Waals surface area contributed by atoms with Gasteiger partial charge in [0, 0.05) is 24.1 Å². The number of rotatable bonds is 5. The van der Waals surface area contributed by atoms with Crippen LogP contribution in [0.3, 0.4) is 0 Å². The summed E-state index contributed by atoms with van der Waals surface area (Å²) in [6.45, 7) is 5.26. The number of carboxylic acids is 1. The van der Waals surface area contributed by atoms with E-state index in [9.17, 15) is 9.90 Å². The molecule has 4 nitrogen and oxygen atoms in total. The molecule has 0 radical (unpaired) electrons. The molecule has 1 fully saturated rings. The van der Waals surface area contributed by atoms with Crippen LogP contribution < -0.4 is 4.90 Å². The van der Waals surface area contributed by atoms with E-state index in [1.165, 1.54) is 12.8 Å². The van der Waals surface area contributed by atoms with Gasteiger partial charge < -0.3 is 10.0 Å². The maximum Gasteiger partial charge on any atom is 0.337 e. The van der Waals surface area contributed by atoms with Gasteiger partial charge in [0.15, 0.2) is 0 Å². The van der Waals surface area contributed by atoms with E-state index in [0.717, 1.165) is 29.8 Å². The van der Waals surface area contributed by atoms with Crippen LogP contribution in [0, 0.1) is 0 Å². The van der Waals surface area contributed by atoms with Crippen molar-refractivity contribution < 1.29 is 9.90 Å². The Morgan fingerprint density at radius 1 is 1.55 bits per heavy atom. The number of aromatic carboxylic acids is 1. The molecule has 1 aliphatic rings. The quantitative estimate of drug-likeness (QED) is 0.894. The number of hydrogen-bond acceptors (Lipinski definition) is 3. The van der Waals surface area contributed by atoms with Gasteiger partial charge in [0.05, 0.1) is 11.3 Å². The molecule has 5 heteroatoms. The van der Waals surface area contributed by atoms with Crippen molar-refractivity contribution in [3.05, 3.63) is 28.2 Å². The van der Waals surface area contributed by atoms with Crippen molar-refractivity contribution in [2.24, 2.45) is 0 Å². The Bertz CT molecular complexity index is 493. The highest BCUT2D eigenvalue weighted by molar-refractivity contribution is 9.10. The van der Waals surface area contributed by atoms with E-state index in [-0.39, 0.29) is 0 Å². The molecular formula is C15H21BrN2O2. The van der Waals surface area contributed by atoms with E-state index in [1.54, 1.807) is 12.1 Å². The minimum Gasteiger partial charge on any atom is -0.478 e. The van der Waals surface area contributed by atoms with E-state index < -0.39 is 5.97 Å². The third-order valence-electron chi connectivity index (χ3n) is 3.99. The smallest absolute Gasteiger partial charge is 0.337 e. The summed E-state index contributed by atoms with van der Waals surface area (Å²) in [6, 6.07) is 5.83. The van der Waals surface area contributed by atoms with Crippen LogP contribution in [-0.2, 0) is 0 Å². The summed E-state index contributed by atoms with van der Waals surface area (Å²) in [6.07, 6.45) is 2.42. The zero-order valence-electron chi connectivity index (χ0n) is 12.0. The van der Waals surface area contributed by atoms with Crippen LogP contribution in [0.15, 0.2) is 22.7 Å². The number of hydrogen-bond donors (Lipinski definition) is 1. The number of likely N-dealkylation sites (N-methyl/N-ethyl adjacent to an activating group) is 2. The first kappa shape index (κ1) is 15.3. The SMILES string of the molecule is CCN1CCCC1CN(C)c1cc(Br)ccc1C(=O)O. The van der Waals surface area contributed by atoms with Crippen molar-refractivity contribution in [1.29, 1.82) is 0 Å². The summed E-state index contributed by atoms with van der Waals surface area (Å²) < 4.78 is 0.906. The molecular weight excluding hydrogens is 320 g/mol. The predicted octanol–water partition coefficient (Wildman–Crippen LogP) is 3.07. The van der Waals surface area contributed by atoms with Crippen molar-refractivity contribution in [1.82, 2.24) is 4.90 Å². The second-order valence-electron chi connectivity index (χ2n) is 5.27. The minimum absolute atomic E-state index is 0.358. The summed E-state index contributed by atoms with van der Waals surface area (Å²) in [5.74, 6) is -0.877. The Hall–Kier alpha value is -1.07. The lowest BCUT2D eigenvalue weighted by Crippen LogP contribution is -2.39. The van der Waals surface area contributed by atoms with Crippen LogP contribution in [0.25, 0.3) is 0 Å². The van der Waals surface area contributed by atoms with Gasteiger partial charge in [-0.05, 0) is 44.1 Å². The number of anilines is 1. The number of halogens is 1. The molecule has 0 aliphatic carbocycles. The summed E-state index contributed by atoms with van der Waals surface area (Å²) in [7, 11) is 1.97. The number of carbonyl (C=O) groups is 1. The molecule has 1 aromatic rings. The summed E-state index contributed by atoms with van der Waals surface area (Å²) in [5, 5.41) is 9.31. The molecule has 1 heterocycles. The van der Waals surface area contributed by atoms with E-state index in [2.05, 4.69) is 32.7 Å². The molecule has 0 saturated carbocycles. The second-order valence-corrected chi connectivity index (χ2v) is 6.19. The fraction of sp³-hybridized carbons (Fsp3) is 0.533. The summed E-state index contributed by atoms with van der Waals surface area (Å²) in [4.78, 5) is 15.9. The van der Waals surface area contributed by atoms with E-state index in [4.69, 9.17) is 0 Å². The average molecular weight is 341 g/mol. The van der Waals surface area contributed by atoms with Gasteiger partial charge in [-0.2, -0.15) is 0 Å². The number of benzene rings is 1. The minimum atomic E-state index is -0.877. The second kappa shape index (κ2) is 6.59. The number of nitrogens with zero attached hydrogens (tertiary/aromatic N) is 2. The molecule has 1 unspecified atom stereocenters. The molecule has 0 amide bonds. The Labute approximate surface area is 128 Å². The molecule has 0 aromatic heterocycles. The van der Waals surface area contributed by atoms with Gasteiger partial charge in [-0.1, -0.05) is 22.9 Å². The zero-order chi connectivity index (χ0) is 14.7. The lowest BCUT2D eigenvalue weighted by atomic mass is 10.1. The van der Waals surface area contributed by atoms with E-state index >= 15 is 0 Å². The van der Waals surface area contributed by atoms with Gasteiger partial charge >= 0.3 is 5.97 Å². The highest BCUT2D eigenvalue weighted by atomic mass is 79.9. The molecule has 110 valence electrons. The van der Waals surface area contributed by atoms with Crippen molar-refractivity contribution >= 4 is 27.6 Å². The van der Waals surface area contributed by atoms with Crippen LogP contribution in [0.1, 0.15) is 30.1 Å². The van der Waals surface area contributed by atoms with Crippen molar-refractivity contribution in [3.8, 4) is 0 Å². The molecule has 1 atom stereocenters. The topological polar surface area (TPSA) is 43.8 Å². The third kappa shape index (κ3) is 3.33. The van der Waals surface area contributed by atoms with Gasteiger partial charge in [-0.25, -0.2) is 4.79 Å². The van der Waals surface area contributed by atoms with E-state index in [1.807, 2.05) is 13.1 Å². The highest BCUT2D eigenvalue weighted by Crippen LogP contribution is 2.26. The van der Waals surface area contributed by atoms with Gasteiger partial charge in [0.1, 0.15) is 0 Å². The first-order valence-corrected chi connectivity index (χ1v) is 7.80. The standard InChI is InChI=1S/C15H21BrN2O2/c1-3-18-8-4-5-12(18)10-17(2)14-9-11(16)6-7-13(14)15(19)20/h6-7,9,12H,3-5,8,10H2,1-2H3,(H,19,20). The van der Waals surface area contributed by atoms with Crippen molar-refractivity contribution in [2.75, 3.05) is 31.6 Å². The van der Waals surface area contributed by atoms with Gasteiger partial charge in [-0.3, -0.25) is 4.90 Å². The fourth-order valence-electron chi connectivity index (χ4n) is 2.93. The Morgan fingerprint density at radius 3 is 2.95 bits per heavy atom. The molecule has 2 rings (SSSR count). The monoisotopic (exact) mass is 340 g/mol. The molecule has 1 N–H and O–H groups in total. The Morgan fingerprint density at radius 2 is 2.30 bits per heavy atom. The van der Waals surface area contributed by atoms with Crippen molar-refractivity contribution in [2.45, 2.75) is 25.8 Å². The lowest BCUT2D eigenvalue weighted by Gasteiger charge is -2.29. The van der Waals surface area contributed by atoms with Gasteiger partial charge in [0.25, 0.3) is 0 Å². The maximum atomic E-state index is 11.3. The number of likely N-dealkylation sites (tertiary alicyclic amines) is 1. The Balaban J connectivity index is 2.18. The number of carboxylic acid groups (broad SMARTS) is 1. The molecule has 0 bridgehead atoms. The Kier molecular flexibility index (Phi) is 5.05. The molecule has 20 heavy (non-hydrogen) atoms. The first-order chi connectivity index (χ1) is 9.52. The zero-order valence-corrected chi connectivity index (χ0v) is 13.6. The van der Waals surface area contributed by atoms with Gasteiger partial charge in [0.2, 0.25) is 0 Å². The van der Waals surface area contributed by atoms with Crippen LogP contribution in [0.5, 0.6) is 0 Å². The normalized spacial score (nSPS) is 19.2. The average Bonchev–Trinajstić information content (AvgIpc) is 2.85. The maximum absolute atomic E-state index is 11.3. The molecule has 1 aromatic carbocycles. The molecule has 1 aliphatic heterocycles. The highest BCUT2D eigenvalue weighted by Gasteiger charge is 2.25. The fourth-order valence-corrected chi connectivity index (χ4v) is 3.28. The lowest BCUT2D eigenvalue weighted by molar-refractivity contribution is 0.0697. The molecule has 1 saturated heterocycles. The van der Waals surface area contributed by atoms with Crippen molar-refractivity contribution in [3.63, 3.8) is 0 Å². The van der Waals surface area contributed by atoms with Crippen LogP contribution in [0.4, 0.5) is 5.69 Å². The third-order valence-corrected chi connectivity index (χ3v) is 4.48. The van der Waals surface area contributed by atoms with Gasteiger partial charge in [-0.15, -0.1) is 0 Å². The summed E-state index contributed by atoms with van der Waals surface area (Å²) in [5.41, 5.74) is 1.13. The van der Waals surface area contributed by atoms with Crippen LogP contribution in [-0.4, -0.2) is 48.7 Å².